The first-order chi connectivity index (χ1) is 16.4. The standard InChI is InChI=1S/C25H36N6O2S/c1-5-18(25(32)10-6-7-11-25)8-12-27-22-20(16(2)29-24(31-22)28-14-15-33-4)23-30-21-17(3)26-13-9-19(21)34-23/h9,13,18,32H,5-8,10-12,14-15H2,1-4H3,(H2,27,28,29,31). The van der Waals surface area contributed by atoms with Crippen molar-refractivity contribution in [1.29, 1.82) is 0 Å². The van der Waals surface area contributed by atoms with E-state index in [1.54, 1.807) is 18.4 Å². The van der Waals surface area contributed by atoms with Crippen LogP contribution in [0.5, 0.6) is 0 Å². The Balaban J connectivity index is 1.61. The maximum absolute atomic E-state index is 11.1. The minimum Gasteiger partial charge on any atom is -0.390 e. The van der Waals surface area contributed by atoms with E-state index in [2.05, 4.69) is 22.5 Å². The molecule has 184 valence electrons. The average molecular weight is 485 g/mol. The number of hydrogen-bond acceptors (Lipinski definition) is 9. The lowest BCUT2D eigenvalue weighted by molar-refractivity contribution is -0.0160. The van der Waals surface area contributed by atoms with Crippen LogP contribution in [0.2, 0.25) is 0 Å². The zero-order valence-corrected chi connectivity index (χ0v) is 21.5. The highest BCUT2D eigenvalue weighted by Gasteiger charge is 2.37. The smallest absolute Gasteiger partial charge is 0.224 e. The number of fused-ring (bicyclic) bond motifs is 1. The minimum absolute atomic E-state index is 0.282. The molecule has 1 aliphatic rings. The van der Waals surface area contributed by atoms with Crippen molar-refractivity contribution in [3.05, 3.63) is 23.7 Å². The van der Waals surface area contributed by atoms with E-state index in [4.69, 9.17) is 19.7 Å². The van der Waals surface area contributed by atoms with E-state index in [0.29, 0.717) is 19.1 Å². The van der Waals surface area contributed by atoms with Gasteiger partial charge in [-0.3, -0.25) is 4.98 Å². The lowest BCUT2D eigenvalue weighted by Crippen LogP contribution is -2.35. The second-order valence-electron chi connectivity index (χ2n) is 9.17. The molecule has 0 spiro atoms. The topological polar surface area (TPSA) is 105 Å². The summed E-state index contributed by atoms with van der Waals surface area (Å²) in [6.45, 7) is 8.09. The molecule has 1 aliphatic carbocycles. The second kappa shape index (κ2) is 10.9. The summed E-state index contributed by atoms with van der Waals surface area (Å²) in [5.74, 6) is 1.62. The zero-order valence-electron chi connectivity index (χ0n) is 20.6. The first kappa shape index (κ1) is 24.8. The maximum atomic E-state index is 11.1. The predicted molar refractivity (Wildman–Crippen MR) is 139 cm³/mol. The van der Waals surface area contributed by atoms with Gasteiger partial charge in [-0.1, -0.05) is 26.2 Å². The number of aromatic nitrogens is 4. The molecule has 9 heteroatoms. The van der Waals surface area contributed by atoms with Gasteiger partial charge in [0.05, 0.1) is 33.9 Å². The molecule has 1 unspecified atom stereocenters. The number of hydrogen-bond donors (Lipinski definition) is 3. The third-order valence-electron chi connectivity index (χ3n) is 6.89. The maximum Gasteiger partial charge on any atom is 0.224 e. The van der Waals surface area contributed by atoms with Crippen molar-refractivity contribution in [2.45, 2.75) is 64.9 Å². The van der Waals surface area contributed by atoms with E-state index in [-0.39, 0.29) is 5.92 Å². The minimum atomic E-state index is -0.523. The lowest BCUT2D eigenvalue weighted by atomic mass is 9.81. The van der Waals surface area contributed by atoms with Gasteiger partial charge in [-0.15, -0.1) is 11.3 Å². The molecule has 4 rings (SSSR count). The van der Waals surface area contributed by atoms with E-state index < -0.39 is 5.60 Å². The van der Waals surface area contributed by atoms with Crippen molar-refractivity contribution < 1.29 is 9.84 Å². The van der Waals surface area contributed by atoms with Gasteiger partial charge in [-0.05, 0) is 45.1 Å². The molecular weight excluding hydrogens is 448 g/mol. The van der Waals surface area contributed by atoms with Crippen LogP contribution in [0.3, 0.4) is 0 Å². The molecule has 0 radical (unpaired) electrons. The van der Waals surface area contributed by atoms with Crippen molar-refractivity contribution in [2.75, 3.05) is 37.4 Å². The number of aryl methyl sites for hydroxylation is 2. The van der Waals surface area contributed by atoms with Crippen molar-refractivity contribution >= 4 is 33.3 Å². The Kier molecular flexibility index (Phi) is 7.95. The highest BCUT2D eigenvalue weighted by atomic mass is 32.1. The number of rotatable bonds is 11. The van der Waals surface area contributed by atoms with E-state index in [9.17, 15) is 5.11 Å². The molecule has 1 fully saturated rings. The Hall–Kier alpha value is -2.36. The molecule has 3 aromatic rings. The first-order valence-electron chi connectivity index (χ1n) is 12.3. The van der Waals surface area contributed by atoms with Crippen LogP contribution < -0.4 is 10.6 Å². The summed E-state index contributed by atoms with van der Waals surface area (Å²) >= 11 is 1.63. The lowest BCUT2D eigenvalue weighted by Gasteiger charge is -2.32. The molecule has 0 amide bonds. The summed E-state index contributed by atoms with van der Waals surface area (Å²) in [4.78, 5) is 18.8. The van der Waals surface area contributed by atoms with E-state index in [1.807, 2.05) is 26.1 Å². The van der Waals surface area contributed by atoms with E-state index in [0.717, 1.165) is 83.1 Å². The first-order valence-corrected chi connectivity index (χ1v) is 13.1. The number of nitrogens with one attached hydrogen (secondary N) is 2. The van der Waals surface area contributed by atoms with Gasteiger partial charge >= 0.3 is 0 Å². The van der Waals surface area contributed by atoms with Crippen LogP contribution in [-0.4, -0.2) is 57.4 Å². The highest BCUT2D eigenvalue weighted by Crippen LogP contribution is 2.40. The van der Waals surface area contributed by atoms with Crippen LogP contribution in [-0.2, 0) is 4.74 Å². The molecule has 1 atom stereocenters. The average Bonchev–Trinajstić information content (AvgIpc) is 3.44. The van der Waals surface area contributed by atoms with Crippen LogP contribution in [0, 0.1) is 19.8 Å². The number of ether oxygens (including phenoxy) is 1. The number of methoxy groups -OCH3 is 1. The summed E-state index contributed by atoms with van der Waals surface area (Å²) < 4.78 is 6.25. The summed E-state index contributed by atoms with van der Waals surface area (Å²) in [6, 6.07) is 2.00. The Bertz CT molecular complexity index is 1110. The van der Waals surface area contributed by atoms with Gasteiger partial charge in [0, 0.05) is 26.4 Å². The van der Waals surface area contributed by atoms with Crippen LogP contribution in [0.4, 0.5) is 11.8 Å². The van der Waals surface area contributed by atoms with E-state index >= 15 is 0 Å². The molecular formula is C25H36N6O2S. The molecule has 0 aromatic carbocycles. The number of pyridine rings is 1. The number of aliphatic hydroxyl groups is 1. The fourth-order valence-electron chi connectivity index (χ4n) is 5.00. The van der Waals surface area contributed by atoms with Gasteiger partial charge < -0.3 is 20.5 Å². The number of anilines is 2. The SMILES string of the molecule is CCC(CCNc1nc(NCCOC)nc(C)c1-c1nc2c(C)nccc2s1)C1(O)CCCC1. The Morgan fingerprint density at radius 1 is 1.12 bits per heavy atom. The highest BCUT2D eigenvalue weighted by molar-refractivity contribution is 7.21. The predicted octanol–water partition coefficient (Wildman–Crippen LogP) is 4.96. The Morgan fingerprint density at radius 2 is 1.91 bits per heavy atom. The molecule has 3 heterocycles. The molecule has 1 saturated carbocycles. The van der Waals surface area contributed by atoms with Gasteiger partial charge in [-0.25, -0.2) is 9.97 Å². The number of nitrogens with zero attached hydrogens (tertiary/aromatic N) is 4. The van der Waals surface area contributed by atoms with Crippen LogP contribution in [0.15, 0.2) is 12.3 Å². The van der Waals surface area contributed by atoms with Gasteiger partial charge in [0.1, 0.15) is 16.3 Å². The van der Waals surface area contributed by atoms with Crippen molar-refractivity contribution in [2.24, 2.45) is 5.92 Å². The molecule has 0 bridgehead atoms. The molecule has 3 aromatic heterocycles. The molecule has 34 heavy (non-hydrogen) atoms. The molecule has 3 N–H and O–H groups in total. The molecule has 0 saturated heterocycles. The van der Waals surface area contributed by atoms with Crippen molar-refractivity contribution in [1.82, 2.24) is 19.9 Å². The van der Waals surface area contributed by atoms with Gasteiger partial charge in [0.15, 0.2) is 0 Å². The second-order valence-corrected chi connectivity index (χ2v) is 10.2. The third-order valence-corrected chi connectivity index (χ3v) is 7.93. The number of thiazole rings is 1. The summed E-state index contributed by atoms with van der Waals surface area (Å²) in [7, 11) is 1.68. The Labute approximate surface area is 205 Å². The summed E-state index contributed by atoms with van der Waals surface area (Å²) in [5, 5.41) is 18.8. The summed E-state index contributed by atoms with van der Waals surface area (Å²) in [6.07, 6.45) is 7.76. The van der Waals surface area contributed by atoms with Crippen molar-refractivity contribution in [3.63, 3.8) is 0 Å². The van der Waals surface area contributed by atoms with Gasteiger partial charge in [-0.2, -0.15) is 4.98 Å². The largest absolute Gasteiger partial charge is 0.390 e. The van der Waals surface area contributed by atoms with Gasteiger partial charge in [0.25, 0.3) is 0 Å². The Morgan fingerprint density at radius 3 is 2.62 bits per heavy atom. The zero-order chi connectivity index (χ0) is 24.1. The van der Waals surface area contributed by atoms with Crippen LogP contribution in [0.1, 0.15) is 56.8 Å². The third kappa shape index (κ3) is 5.31. The fourth-order valence-corrected chi connectivity index (χ4v) is 6.11. The van der Waals surface area contributed by atoms with E-state index in [1.165, 1.54) is 0 Å². The molecule has 0 aliphatic heterocycles. The normalized spacial score (nSPS) is 16.1. The van der Waals surface area contributed by atoms with Gasteiger partial charge in [0.2, 0.25) is 5.95 Å². The summed E-state index contributed by atoms with van der Waals surface area (Å²) in [5.41, 5.74) is 3.10. The van der Waals surface area contributed by atoms with Crippen LogP contribution in [0.25, 0.3) is 20.8 Å². The van der Waals surface area contributed by atoms with Crippen molar-refractivity contribution in [3.8, 4) is 10.6 Å². The van der Waals surface area contributed by atoms with Crippen LogP contribution >= 0.6 is 11.3 Å². The quantitative estimate of drug-likeness (QED) is 0.328. The monoisotopic (exact) mass is 484 g/mol. The fraction of sp³-hybridized carbons (Fsp3) is 0.600. The molecule has 8 nitrogen and oxygen atoms in total.